The Balaban J connectivity index is 0. The molecule has 2 heteroatoms. The second-order valence-electron chi connectivity index (χ2n) is 3.45. The maximum absolute atomic E-state index is 4.99. The molecule has 82 valence electrons. The molecule has 0 aliphatic carbocycles. The average molecular weight is 189 g/mol. The number of hydrogen-bond donors (Lipinski definition) is 1. The third-order valence-electron chi connectivity index (χ3n) is 1.69. The minimum absolute atomic E-state index is 0.597. The van der Waals surface area contributed by atoms with E-state index >= 15 is 0 Å². The fourth-order valence-corrected chi connectivity index (χ4v) is 0.858. The van der Waals surface area contributed by atoms with Crippen LogP contribution < -0.4 is 5.32 Å². The monoisotopic (exact) mass is 189 g/mol. The largest absolute Gasteiger partial charge is 0.385 e. The number of ether oxygens (including phenoxy) is 1. The van der Waals surface area contributed by atoms with Crippen LogP contribution in [0.2, 0.25) is 0 Å². The van der Waals surface area contributed by atoms with Gasteiger partial charge in [-0.3, -0.25) is 0 Å². The zero-order valence-corrected chi connectivity index (χ0v) is 10.2. The third kappa shape index (κ3) is 14.7. The summed E-state index contributed by atoms with van der Waals surface area (Å²) >= 11 is 0. The first-order valence-electron chi connectivity index (χ1n) is 5.39. The lowest BCUT2D eigenvalue weighted by Gasteiger charge is -2.13. The smallest absolute Gasteiger partial charge is 0.0465 e. The van der Waals surface area contributed by atoms with Gasteiger partial charge in [0.2, 0.25) is 0 Å². The lowest BCUT2D eigenvalue weighted by molar-refractivity contribution is 0.179. The molecule has 0 radical (unpaired) electrons. The number of methoxy groups -OCH3 is 1. The summed E-state index contributed by atoms with van der Waals surface area (Å²) in [7, 11) is 1.75. The van der Waals surface area contributed by atoms with Gasteiger partial charge < -0.3 is 10.1 Å². The first-order chi connectivity index (χ1) is 6.16. The van der Waals surface area contributed by atoms with E-state index in [0.717, 1.165) is 25.5 Å². The Morgan fingerprint density at radius 3 is 2.08 bits per heavy atom. The molecule has 0 aliphatic heterocycles. The van der Waals surface area contributed by atoms with E-state index in [1.165, 1.54) is 0 Å². The molecule has 13 heavy (non-hydrogen) atoms. The first kappa shape index (κ1) is 15.4. The molecule has 0 saturated heterocycles. The van der Waals surface area contributed by atoms with E-state index in [4.69, 9.17) is 4.74 Å². The van der Waals surface area contributed by atoms with Crippen LogP contribution in [0.15, 0.2) is 0 Å². The van der Waals surface area contributed by atoms with Gasteiger partial charge >= 0.3 is 0 Å². The first-order valence-corrected chi connectivity index (χ1v) is 5.39. The van der Waals surface area contributed by atoms with Gasteiger partial charge in [0.15, 0.2) is 0 Å². The van der Waals surface area contributed by atoms with Crippen molar-refractivity contribution in [2.45, 2.75) is 47.1 Å². The highest BCUT2D eigenvalue weighted by atomic mass is 16.5. The Morgan fingerprint density at radius 1 is 1.15 bits per heavy atom. The van der Waals surface area contributed by atoms with Crippen molar-refractivity contribution in [1.29, 1.82) is 0 Å². The van der Waals surface area contributed by atoms with Crippen molar-refractivity contribution in [2.24, 2.45) is 5.92 Å². The average Bonchev–Trinajstić information content (AvgIpc) is 2.14. The molecule has 0 saturated carbocycles. The molecule has 1 unspecified atom stereocenters. The molecule has 2 nitrogen and oxygen atoms in total. The molecule has 0 rings (SSSR count). The van der Waals surface area contributed by atoms with E-state index in [1.807, 2.05) is 13.8 Å². The minimum atomic E-state index is 0.597. The predicted molar refractivity (Wildman–Crippen MR) is 60.1 cm³/mol. The Labute approximate surface area is 84.1 Å². The van der Waals surface area contributed by atoms with Crippen molar-refractivity contribution in [2.75, 3.05) is 20.3 Å². The fourth-order valence-electron chi connectivity index (χ4n) is 0.858. The molecule has 1 atom stereocenters. The van der Waals surface area contributed by atoms with Gasteiger partial charge in [0.1, 0.15) is 0 Å². The minimum Gasteiger partial charge on any atom is -0.385 e. The van der Waals surface area contributed by atoms with Crippen molar-refractivity contribution in [1.82, 2.24) is 5.32 Å². The maximum atomic E-state index is 4.99. The second-order valence-corrected chi connectivity index (χ2v) is 3.45. The summed E-state index contributed by atoms with van der Waals surface area (Å²) in [5.74, 6) is 0.720. The van der Waals surface area contributed by atoms with Crippen molar-refractivity contribution < 1.29 is 4.74 Å². The maximum Gasteiger partial charge on any atom is 0.0465 e. The topological polar surface area (TPSA) is 21.3 Å². The van der Waals surface area contributed by atoms with E-state index in [9.17, 15) is 0 Å². The van der Waals surface area contributed by atoms with E-state index in [2.05, 4.69) is 26.1 Å². The number of rotatable bonds is 6. The highest BCUT2D eigenvalue weighted by Crippen LogP contribution is 1.99. The van der Waals surface area contributed by atoms with Crippen molar-refractivity contribution in [3.05, 3.63) is 0 Å². The fraction of sp³-hybridized carbons (Fsp3) is 1.00. The Kier molecular flexibility index (Phi) is 14.1. The highest BCUT2D eigenvalue weighted by molar-refractivity contribution is 4.59. The zero-order chi connectivity index (χ0) is 10.7. The van der Waals surface area contributed by atoms with Crippen molar-refractivity contribution in [3.8, 4) is 0 Å². The van der Waals surface area contributed by atoms with Crippen LogP contribution in [0, 0.1) is 5.92 Å². The summed E-state index contributed by atoms with van der Waals surface area (Å²) < 4.78 is 4.99. The highest BCUT2D eigenvalue weighted by Gasteiger charge is 2.01. The van der Waals surface area contributed by atoms with Crippen molar-refractivity contribution >= 4 is 0 Å². The summed E-state index contributed by atoms with van der Waals surface area (Å²) in [6.45, 7) is 12.6. The lowest BCUT2D eigenvalue weighted by atomic mass is 10.1. The van der Waals surface area contributed by atoms with Gasteiger partial charge in [0.25, 0.3) is 0 Å². The summed E-state index contributed by atoms with van der Waals surface area (Å²) in [4.78, 5) is 0. The Bertz CT molecular complexity index is 84.2. The van der Waals surface area contributed by atoms with E-state index < -0.39 is 0 Å². The van der Waals surface area contributed by atoms with Gasteiger partial charge in [-0.15, -0.1) is 0 Å². The molecule has 0 aromatic rings. The van der Waals surface area contributed by atoms with Crippen LogP contribution >= 0.6 is 0 Å². The van der Waals surface area contributed by atoms with Crippen LogP contribution in [0.4, 0.5) is 0 Å². The van der Waals surface area contributed by atoms with Gasteiger partial charge in [0, 0.05) is 19.8 Å². The Hall–Kier alpha value is -0.0800. The molecule has 0 aliphatic rings. The summed E-state index contributed by atoms with van der Waals surface area (Å²) in [6, 6.07) is 0.597. The molecule has 1 N–H and O–H groups in total. The second kappa shape index (κ2) is 11.9. The molecular formula is C11H27NO. The van der Waals surface area contributed by atoms with E-state index in [1.54, 1.807) is 7.11 Å². The number of hydrogen-bond acceptors (Lipinski definition) is 2. The van der Waals surface area contributed by atoms with Gasteiger partial charge in [-0.25, -0.2) is 0 Å². The van der Waals surface area contributed by atoms with Gasteiger partial charge in [-0.2, -0.15) is 0 Å². The summed E-state index contributed by atoms with van der Waals surface area (Å²) in [5, 5.41) is 3.40. The lowest BCUT2D eigenvalue weighted by Crippen LogP contribution is -2.28. The molecule has 0 aromatic heterocycles. The predicted octanol–water partition coefficient (Wildman–Crippen LogP) is 2.68. The van der Waals surface area contributed by atoms with Crippen LogP contribution in [0.25, 0.3) is 0 Å². The molecule has 0 spiro atoms. The van der Waals surface area contributed by atoms with Gasteiger partial charge in [-0.05, 0) is 18.9 Å². The molecule has 0 fully saturated rings. The quantitative estimate of drug-likeness (QED) is 0.693. The summed E-state index contributed by atoms with van der Waals surface area (Å²) in [5.41, 5.74) is 0. The van der Waals surface area contributed by atoms with Crippen LogP contribution in [0.5, 0.6) is 0 Å². The number of nitrogens with one attached hydrogen (secondary N) is 1. The SMILES string of the molecule is CC.COCCC(C)CNC(C)C. The van der Waals surface area contributed by atoms with E-state index in [-0.39, 0.29) is 0 Å². The van der Waals surface area contributed by atoms with Crippen LogP contribution in [0.3, 0.4) is 0 Å². The summed E-state index contributed by atoms with van der Waals surface area (Å²) in [6.07, 6.45) is 1.15. The van der Waals surface area contributed by atoms with E-state index in [0.29, 0.717) is 6.04 Å². The van der Waals surface area contributed by atoms with Crippen LogP contribution in [0.1, 0.15) is 41.0 Å². The molecular weight excluding hydrogens is 162 g/mol. The molecule has 0 aromatic carbocycles. The molecule has 0 amide bonds. The van der Waals surface area contributed by atoms with Crippen LogP contribution in [-0.4, -0.2) is 26.3 Å². The molecule has 0 bridgehead atoms. The third-order valence-corrected chi connectivity index (χ3v) is 1.69. The van der Waals surface area contributed by atoms with Gasteiger partial charge in [-0.1, -0.05) is 34.6 Å². The van der Waals surface area contributed by atoms with Crippen LogP contribution in [-0.2, 0) is 4.74 Å². The van der Waals surface area contributed by atoms with Gasteiger partial charge in [0.05, 0.1) is 0 Å². The zero-order valence-electron chi connectivity index (χ0n) is 10.2. The Morgan fingerprint density at radius 2 is 1.69 bits per heavy atom. The van der Waals surface area contributed by atoms with Crippen molar-refractivity contribution in [3.63, 3.8) is 0 Å². The normalized spacial score (nSPS) is 12.2. The standard InChI is InChI=1S/C9H21NO.C2H6/c1-8(2)10-7-9(3)5-6-11-4;1-2/h8-10H,5-7H2,1-4H3;1-2H3. The molecule has 0 heterocycles.